The molecule has 0 spiro atoms. The van der Waals surface area contributed by atoms with Gasteiger partial charge in [0.25, 0.3) is 0 Å². The topological polar surface area (TPSA) is 63.2 Å². The average Bonchev–Trinajstić information content (AvgIpc) is 3.11. The Labute approximate surface area is 286 Å². The standard InChI is InChI=1S/C42H48O6/c1-6-37(48-41(43)42(3,4)5)39(46-30-35-23-15-9-16-24-35)40(47-31-36-25-17-10-18-26-36)38(45-29-34-21-13-8-14-22-34)32(2)27-44-28-33-19-11-7-12-20-33/h6-26,37-40H,1-2,27-31H2,3-5H3/t37-,38-,39+,40+/m1/s1. The molecule has 0 amide bonds. The molecule has 6 heteroatoms. The highest BCUT2D eigenvalue weighted by Gasteiger charge is 2.41. The molecule has 0 bridgehead atoms. The molecule has 0 aliphatic heterocycles. The van der Waals surface area contributed by atoms with E-state index in [1.165, 1.54) is 0 Å². The molecule has 4 atom stereocenters. The summed E-state index contributed by atoms with van der Waals surface area (Å²) in [5, 5.41) is 0. The molecular formula is C42H48O6. The monoisotopic (exact) mass is 648 g/mol. The lowest BCUT2D eigenvalue weighted by molar-refractivity contribution is -0.187. The Balaban J connectivity index is 1.71. The predicted molar refractivity (Wildman–Crippen MR) is 190 cm³/mol. The van der Waals surface area contributed by atoms with E-state index in [1.54, 1.807) is 6.08 Å². The molecule has 48 heavy (non-hydrogen) atoms. The van der Waals surface area contributed by atoms with Gasteiger partial charge in [0.2, 0.25) is 0 Å². The van der Waals surface area contributed by atoms with E-state index < -0.39 is 29.8 Å². The number of hydrogen-bond donors (Lipinski definition) is 0. The molecule has 6 nitrogen and oxygen atoms in total. The first kappa shape index (κ1) is 36.5. The van der Waals surface area contributed by atoms with Gasteiger partial charge in [0, 0.05) is 0 Å². The van der Waals surface area contributed by atoms with Crippen LogP contribution >= 0.6 is 0 Å². The number of rotatable bonds is 19. The van der Waals surface area contributed by atoms with Gasteiger partial charge in [-0.15, -0.1) is 0 Å². The van der Waals surface area contributed by atoms with Crippen molar-refractivity contribution in [2.24, 2.45) is 5.41 Å². The second kappa shape index (κ2) is 18.9. The largest absolute Gasteiger partial charge is 0.455 e. The van der Waals surface area contributed by atoms with Crippen LogP contribution in [0.1, 0.15) is 43.0 Å². The molecule has 0 fully saturated rings. The van der Waals surface area contributed by atoms with Gasteiger partial charge in [-0.25, -0.2) is 0 Å². The highest BCUT2D eigenvalue weighted by atomic mass is 16.6. The summed E-state index contributed by atoms with van der Waals surface area (Å²) >= 11 is 0. The van der Waals surface area contributed by atoms with Crippen LogP contribution in [0.4, 0.5) is 0 Å². The van der Waals surface area contributed by atoms with Gasteiger partial charge < -0.3 is 23.7 Å². The number of carbonyl (C=O) groups is 1. The maximum Gasteiger partial charge on any atom is 0.311 e. The van der Waals surface area contributed by atoms with Gasteiger partial charge in [0.15, 0.2) is 0 Å². The molecule has 4 aromatic carbocycles. The lowest BCUT2D eigenvalue weighted by Gasteiger charge is -2.38. The van der Waals surface area contributed by atoms with E-state index in [0.717, 1.165) is 22.3 Å². The second-order valence-electron chi connectivity index (χ2n) is 12.7. The van der Waals surface area contributed by atoms with Crippen LogP contribution in [0.25, 0.3) is 0 Å². The quantitative estimate of drug-likeness (QED) is 0.0749. The fourth-order valence-electron chi connectivity index (χ4n) is 4.98. The van der Waals surface area contributed by atoms with Gasteiger partial charge in [-0.1, -0.05) is 134 Å². The van der Waals surface area contributed by atoms with Crippen molar-refractivity contribution in [2.75, 3.05) is 6.61 Å². The van der Waals surface area contributed by atoms with Crippen LogP contribution < -0.4 is 0 Å². The molecule has 4 aromatic rings. The van der Waals surface area contributed by atoms with E-state index >= 15 is 0 Å². The van der Waals surface area contributed by atoms with E-state index in [9.17, 15) is 4.79 Å². The van der Waals surface area contributed by atoms with Crippen molar-refractivity contribution in [2.45, 2.75) is 71.6 Å². The van der Waals surface area contributed by atoms with Crippen molar-refractivity contribution in [3.8, 4) is 0 Å². The number of benzene rings is 4. The molecule has 0 unspecified atom stereocenters. The first-order valence-electron chi connectivity index (χ1n) is 16.3. The Morgan fingerprint density at radius 1 is 0.625 bits per heavy atom. The van der Waals surface area contributed by atoms with Crippen LogP contribution in [0, 0.1) is 5.41 Å². The number of ether oxygens (including phenoxy) is 5. The maximum atomic E-state index is 13.3. The van der Waals surface area contributed by atoms with Crippen molar-refractivity contribution in [1.29, 1.82) is 0 Å². The molecule has 4 rings (SSSR count). The van der Waals surface area contributed by atoms with Gasteiger partial charge in [0.1, 0.15) is 24.4 Å². The minimum atomic E-state index is -0.859. The van der Waals surface area contributed by atoms with E-state index in [0.29, 0.717) is 18.8 Å². The van der Waals surface area contributed by atoms with Gasteiger partial charge in [0.05, 0.1) is 38.4 Å². The average molecular weight is 649 g/mol. The molecular weight excluding hydrogens is 600 g/mol. The number of carbonyl (C=O) groups excluding carboxylic acids is 1. The molecule has 0 saturated heterocycles. The van der Waals surface area contributed by atoms with Crippen LogP contribution in [0.3, 0.4) is 0 Å². The van der Waals surface area contributed by atoms with Crippen molar-refractivity contribution in [3.63, 3.8) is 0 Å². The van der Waals surface area contributed by atoms with Crippen LogP contribution in [0.15, 0.2) is 146 Å². The first-order chi connectivity index (χ1) is 23.2. The highest BCUT2D eigenvalue weighted by Crippen LogP contribution is 2.28. The molecule has 0 saturated carbocycles. The third-order valence-electron chi connectivity index (χ3n) is 7.68. The fraction of sp³-hybridized carbons (Fsp3) is 0.310. The Morgan fingerprint density at radius 2 is 1.02 bits per heavy atom. The van der Waals surface area contributed by atoms with E-state index in [-0.39, 0.29) is 25.8 Å². The Hall–Kier alpha value is -4.33. The van der Waals surface area contributed by atoms with E-state index in [2.05, 4.69) is 13.2 Å². The van der Waals surface area contributed by atoms with Crippen molar-refractivity contribution < 1.29 is 28.5 Å². The second-order valence-corrected chi connectivity index (χ2v) is 12.7. The molecule has 0 aliphatic carbocycles. The number of esters is 1. The molecule has 0 aromatic heterocycles. The summed E-state index contributed by atoms with van der Waals surface area (Å²) in [6.45, 7) is 15.4. The minimum absolute atomic E-state index is 0.214. The number of hydrogen-bond acceptors (Lipinski definition) is 6. The summed E-state index contributed by atoms with van der Waals surface area (Å²) in [6.07, 6.45) is -1.56. The summed E-state index contributed by atoms with van der Waals surface area (Å²) in [5.41, 5.74) is 3.89. The van der Waals surface area contributed by atoms with Crippen LogP contribution in [-0.4, -0.2) is 37.0 Å². The minimum Gasteiger partial charge on any atom is -0.455 e. The van der Waals surface area contributed by atoms with Crippen LogP contribution in [0.2, 0.25) is 0 Å². The zero-order valence-electron chi connectivity index (χ0n) is 28.3. The predicted octanol–water partition coefficient (Wildman–Crippen LogP) is 8.66. The van der Waals surface area contributed by atoms with Crippen molar-refractivity contribution in [1.82, 2.24) is 0 Å². The first-order valence-corrected chi connectivity index (χ1v) is 16.3. The normalized spacial score (nSPS) is 14.0. The smallest absolute Gasteiger partial charge is 0.311 e. The van der Waals surface area contributed by atoms with Crippen LogP contribution in [0.5, 0.6) is 0 Å². The Bertz CT molecular complexity index is 1520. The molecule has 0 aliphatic rings. The zero-order chi connectivity index (χ0) is 34.2. The van der Waals surface area contributed by atoms with E-state index in [4.69, 9.17) is 23.7 Å². The maximum absolute atomic E-state index is 13.3. The zero-order valence-corrected chi connectivity index (χ0v) is 28.3. The van der Waals surface area contributed by atoms with Gasteiger partial charge in [-0.3, -0.25) is 4.79 Å². The van der Waals surface area contributed by atoms with Gasteiger partial charge in [-0.2, -0.15) is 0 Å². The van der Waals surface area contributed by atoms with Crippen molar-refractivity contribution >= 4 is 5.97 Å². The Morgan fingerprint density at radius 3 is 1.44 bits per heavy atom. The molecule has 252 valence electrons. The molecule has 0 N–H and O–H groups in total. The van der Waals surface area contributed by atoms with Crippen molar-refractivity contribution in [3.05, 3.63) is 168 Å². The van der Waals surface area contributed by atoms with Gasteiger partial charge in [-0.05, 0) is 54.7 Å². The molecule has 0 radical (unpaired) electrons. The summed E-state index contributed by atoms with van der Waals surface area (Å²) in [5.74, 6) is -0.380. The summed E-state index contributed by atoms with van der Waals surface area (Å²) in [6, 6.07) is 39.6. The lowest BCUT2D eigenvalue weighted by atomic mass is 9.95. The fourth-order valence-corrected chi connectivity index (χ4v) is 4.98. The van der Waals surface area contributed by atoms with Crippen LogP contribution in [-0.2, 0) is 54.9 Å². The van der Waals surface area contributed by atoms with E-state index in [1.807, 2.05) is 142 Å². The Kier molecular flexibility index (Phi) is 14.3. The summed E-state index contributed by atoms with van der Waals surface area (Å²) in [7, 11) is 0. The third-order valence-corrected chi connectivity index (χ3v) is 7.68. The highest BCUT2D eigenvalue weighted by molar-refractivity contribution is 5.75. The summed E-state index contributed by atoms with van der Waals surface area (Å²) in [4.78, 5) is 13.3. The summed E-state index contributed by atoms with van der Waals surface area (Å²) < 4.78 is 32.4. The molecule has 0 heterocycles. The SMILES string of the molecule is C=C[C@@H](OC(=O)C(C)(C)C)[C@H](OCc1ccccc1)[C@@H](OCc1ccccc1)[C@H](OCc1ccccc1)C(=C)COCc1ccccc1. The van der Waals surface area contributed by atoms with Gasteiger partial charge >= 0.3 is 5.97 Å². The lowest BCUT2D eigenvalue weighted by Crippen LogP contribution is -2.50. The third kappa shape index (κ3) is 11.7.